The summed E-state index contributed by atoms with van der Waals surface area (Å²) >= 11 is 0. The number of nitrogens with zero attached hydrogens (tertiary/aromatic N) is 1. The normalized spacial score (nSPS) is 25.4. The minimum Gasteiger partial charge on any atom is -0.497 e. The number of hydrogen-bond acceptors (Lipinski definition) is 3. The first-order valence-corrected chi connectivity index (χ1v) is 6.82. The first kappa shape index (κ1) is 13.0. The minimum atomic E-state index is -0.429. The first-order chi connectivity index (χ1) is 9.63. The van der Waals surface area contributed by atoms with Crippen molar-refractivity contribution in [2.75, 3.05) is 20.2 Å². The van der Waals surface area contributed by atoms with Gasteiger partial charge in [-0.1, -0.05) is 12.1 Å². The highest BCUT2D eigenvalue weighted by molar-refractivity contribution is 5.94. The van der Waals surface area contributed by atoms with Crippen molar-refractivity contribution in [3.05, 3.63) is 29.8 Å². The summed E-state index contributed by atoms with van der Waals surface area (Å²) in [5.74, 6) is 0.892. The molecule has 5 nitrogen and oxygen atoms in total. The van der Waals surface area contributed by atoms with Crippen molar-refractivity contribution in [1.29, 1.82) is 0 Å². The zero-order chi connectivity index (χ0) is 14.2. The predicted octanol–water partition coefficient (Wildman–Crippen LogP) is 0.934. The molecule has 5 heteroatoms. The van der Waals surface area contributed by atoms with Crippen molar-refractivity contribution in [3.63, 3.8) is 0 Å². The van der Waals surface area contributed by atoms with Crippen LogP contribution in [0.2, 0.25) is 0 Å². The number of ether oxygens (including phenoxy) is 1. The number of piperidine rings is 1. The van der Waals surface area contributed by atoms with Gasteiger partial charge < -0.3 is 15.0 Å². The van der Waals surface area contributed by atoms with E-state index >= 15 is 0 Å². The summed E-state index contributed by atoms with van der Waals surface area (Å²) in [6, 6.07) is 7.72. The number of carbonyl (C=O) groups excluding carboxylic acids is 2. The number of benzene rings is 1. The van der Waals surface area contributed by atoms with E-state index in [9.17, 15) is 9.59 Å². The molecule has 0 aliphatic carbocycles. The van der Waals surface area contributed by atoms with Gasteiger partial charge in [0, 0.05) is 26.1 Å². The molecule has 106 valence electrons. The van der Waals surface area contributed by atoms with E-state index in [2.05, 4.69) is 5.32 Å². The smallest absolute Gasteiger partial charge is 0.231 e. The Morgan fingerprint density at radius 1 is 1.40 bits per heavy atom. The lowest BCUT2D eigenvalue weighted by atomic mass is 9.71. The molecule has 20 heavy (non-hydrogen) atoms. The summed E-state index contributed by atoms with van der Waals surface area (Å²) in [7, 11) is 1.63. The summed E-state index contributed by atoms with van der Waals surface area (Å²) in [6.07, 6.45) is 1.09. The molecule has 0 saturated carbocycles. The maximum atomic E-state index is 12.4. The molecule has 1 N–H and O–H groups in total. The van der Waals surface area contributed by atoms with Crippen LogP contribution in [0.25, 0.3) is 0 Å². The van der Waals surface area contributed by atoms with E-state index in [4.69, 9.17) is 4.74 Å². The highest BCUT2D eigenvalue weighted by Gasteiger charge is 2.53. The molecule has 1 spiro atoms. The van der Waals surface area contributed by atoms with Crippen LogP contribution in [0, 0.1) is 5.41 Å². The van der Waals surface area contributed by atoms with Gasteiger partial charge in [0.1, 0.15) is 5.75 Å². The zero-order valence-corrected chi connectivity index (χ0v) is 11.5. The number of carbonyl (C=O) groups is 2. The molecular formula is C15H18N2O3. The van der Waals surface area contributed by atoms with Crippen LogP contribution in [0.4, 0.5) is 0 Å². The summed E-state index contributed by atoms with van der Waals surface area (Å²) in [5.41, 5.74) is 0.620. The summed E-state index contributed by atoms with van der Waals surface area (Å²) in [4.78, 5) is 25.6. The van der Waals surface area contributed by atoms with Crippen LogP contribution in [0.1, 0.15) is 18.4 Å². The van der Waals surface area contributed by atoms with Crippen LogP contribution in [0.3, 0.4) is 0 Å². The molecule has 3 rings (SSSR count). The van der Waals surface area contributed by atoms with Gasteiger partial charge in [0.15, 0.2) is 0 Å². The number of hydrogen-bond donors (Lipinski definition) is 1. The molecule has 2 fully saturated rings. The first-order valence-electron chi connectivity index (χ1n) is 6.82. The van der Waals surface area contributed by atoms with Crippen LogP contribution >= 0.6 is 0 Å². The van der Waals surface area contributed by atoms with Crippen LogP contribution in [0.15, 0.2) is 24.3 Å². The lowest BCUT2D eigenvalue weighted by Crippen LogP contribution is -2.64. The van der Waals surface area contributed by atoms with E-state index in [1.54, 1.807) is 7.11 Å². The summed E-state index contributed by atoms with van der Waals surface area (Å²) in [5, 5.41) is 2.78. The molecule has 2 amide bonds. The maximum absolute atomic E-state index is 12.4. The van der Waals surface area contributed by atoms with Crippen LogP contribution in [-0.2, 0) is 16.1 Å². The van der Waals surface area contributed by atoms with Crippen molar-refractivity contribution in [1.82, 2.24) is 10.2 Å². The second kappa shape index (κ2) is 4.81. The fraction of sp³-hybridized carbons (Fsp3) is 0.467. The monoisotopic (exact) mass is 274 g/mol. The van der Waals surface area contributed by atoms with Gasteiger partial charge in [-0.15, -0.1) is 0 Å². The van der Waals surface area contributed by atoms with Crippen molar-refractivity contribution in [2.24, 2.45) is 5.41 Å². The topological polar surface area (TPSA) is 58.6 Å². The highest BCUT2D eigenvalue weighted by atomic mass is 16.5. The second-order valence-corrected chi connectivity index (χ2v) is 5.57. The third-order valence-corrected chi connectivity index (χ3v) is 4.17. The van der Waals surface area contributed by atoms with Crippen molar-refractivity contribution in [3.8, 4) is 5.75 Å². The molecule has 0 aromatic heterocycles. The van der Waals surface area contributed by atoms with Gasteiger partial charge >= 0.3 is 0 Å². The SMILES string of the molecule is COc1cccc(CN2CC3(CCNC(=O)C3)C2=O)c1. The standard InChI is InChI=1S/C15H18N2O3/c1-20-12-4-2-3-11(7-12)9-17-10-15(14(17)19)5-6-16-13(18)8-15/h2-4,7H,5-6,8-10H2,1H3,(H,16,18). The number of methoxy groups -OCH3 is 1. The van der Waals surface area contributed by atoms with Crippen molar-refractivity contribution < 1.29 is 14.3 Å². The average molecular weight is 274 g/mol. The van der Waals surface area contributed by atoms with E-state index in [1.807, 2.05) is 29.2 Å². The number of β-lactam (4-membered cyclic amide) rings is 1. The average Bonchev–Trinajstić information content (AvgIpc) is 2.47. The predicted molar refractivity (Wildman–Crippen MR) is 73.1 cm³/mol. The fourth-order valence-corrected chi connectivity index (χ4v) is 3.08. The Hall–Kier alpha value is -2.04. The number of likely N-dealkylation sites (tertiary alicyclic amines) is 1. The molecule has 0 radical (unpaired) electrons. The molecule has 2 saturated heterocycles. The number of amides is 2. The Kier molecular flexibility index (Phi) is 3.12. The molecular weight excluding hydrogens is 256 g/mol. The molecule has 1 atom stereocenters. The quantitative estimate of drug-likeness (QED) is 0.834. The van der Waals surface area contributed by atoms with Gasteiger partial charge in [-0.3, -0.25) is 9.59 Å². The Labute approximate surface area is 117 Å². The van der Waals surface area contributed by atoms with Gasteiger partial charge in [0.2, 0.25) is 11.8 Å². The molecule has 1 aromatic carbocycles. The Morgan fingerprint density at radius 2 is 2.25 bits per heavy atom. The Balaban J connectivity index is 1.66. The van der Waals surface area contributed by atoms with E-state index in [-0.39, 0.29) is 11.8 Å². The molecule has 1 aromatic rings. The summed E-state index contributed by atoms with van der Waals surface area (Å²) in [6.45, 7) is 1.87. The highest BCUT2D eigenvalue weighted by Crippen LogP contribution is 2.41. The van der Waals surface area contributed by atoms with Gasteiger partial charge in [-0.05, 0) is 24.1 Å². The van der Waals surface area contributed by atoms with Gasteiger partial charge in [-0.25, -0.2) is 0 Å². The van der Waals surface area contributed by atoms with Crippen LogP contribution < -0.4 is 10.1 Å². The van der Waals surface area contributed by atoms with Crippen molar-refractivity contribution >= 4 is 11.8 Å². The van der Waals surface area contributed by atoms with E-state index in [1.165, 1.54) is 0 Å². The number of nitrogens with one attached hydrogen (secondary N) is 1. The maximum Gasteiger partial charge on any atom is 0.231 e. The molecule has 0 bridgehead atoms. The fourth-order valence-electron chi connectivity index (χ4n) is 3.08. The lowest BCUT2D eigenvalue weighted by Gasteiger charge is -2.50. The minimum absolute atomic E-state index is 0.00868. The zero-order valence-electron chi connectivity index (χ0n) is 11.5. The molecule has 2 heterocycles. The van der Waals surface area contributed by atoms with Crippen LogP contribution in [0.5, 0.6) is 5.75 Å². The number of rotatable bonds is 3. The van der Waals surface area contributed by atoms with Crippen molar-refractivity contribution in [2.45, 2.75) is 19.4 Å². The van der Waals surface area contributed by atoms with Gasteiger partial charge in [-0.2, -0.15) is 0 Å². The van der Waals surface area contributed by atoms with Crippen LogP contribution in [-0.4, -0.2) is 36.9 Å². The summed E-state index contributed by atoms with van der Waals surface area (Å²) < 4.78 is 5.18. The molecule has 2 aliphatic heterocycles. The molecule has 2 aliphatic rings. The van der Waals surface area contributed by atoms with Gasteiger partial charge in [0.25, 0.3) is 0 Å². The lowest BCUT2D eigenvalue weighted by molar-refractivity contribution is -0.167. The molecule has 1 unspecified atom stereocenters. The third kappa shape index (κ3) is 2.13. The third-order valence-electron chi connectivity index (χ3n) is 4.17. The Bertz CT molecular complexity index is 558. The van der Waals surface area contributed by atoms with E-state index in [0.29, 0.717) is 26.1 Å². The largest absolute Gasteiger partial charge is 0.497 e. The Morgan fingerprint density at radius 3 is 2.95 bits per heavy atom. The van der Waals surface area contributed by atoms with Gasteiger partial charge in [0.05, 0.1) is 12.5 Å². The second-order valence-electron chi connectivity index (χ2n) is 5.57. The van der Waals surface area contributed by atoms with E-state index in [0.717, 1.165) is 17.7 Å². The van der Waals surface area contributed by atoms with E-state index < -0.39 is 5.41 Å².